The lowest BCUT2D eigenvalue weighted by Gasteiger charge is -2.25. The van der Waals surface area contributed by atoms with E-state index < -0.39 is 8.80 Å². The van der Waals surface area contributed by atoms with Gasteiger partial charge in [-0.25, -0.2) is 0 Å². The molecular formula is C12H18O3Si. The second-order valence-corrected chi connectivity index (χ2v) is 6.36. The maximum atomic E-state index is 5.42. The van der Waals surface area contributed by atoms with Gasteiger partial charge in [-0.3, -0.25) is 0 Å². The smallest absolute Gasteiger partial charge is 0.373 e. The Morgan fingerprint density at radius 2 is 1.69 bits per heavy atom. The summed E-state index contributed by atoms with van der Waals surface area (Å²) in [5.74, 6) is 0. The molecule has 0 aliphatic rings. The van der Waals surface area contributed by atoms with Crippen LogP contribution in [0.15, 0.2) is 24.8 Å². The highest BCUT2D eigenvalue weighted by molar-refractivity contribution is 6.75. The Labute approximate surface area is 98.0 Å². The number of rotatable bonds is 5. The average molecular weight is 238 g/mol. The molecule has 0 amide bonds. The minimum absolute atomic E-state index is 0.961. The van der Waals surface area contributed by atoms with Gasteiger partial charge in [0.1, 0.15) is 0 Å². The lowest BCUT2D eigenvalue weighted by Crippen LogP contribution is -2.54. The van der Waals surface area contributed by atoms with Crippen molar-refractivity contribution < 1.29 is 13.3 Å². The van der Waals surface area contributed by atoms with Crippen molar-refractivity contribution >= 4 is 20.1 Å². The maximum absolute atomic E-state index is 5.42. The van der Waals surface area contributed by atoms with Gasteiger partial charge in [-0.1, -0.05) is 30.9 Å². The molecule has 1 rings (SSSR count). The Hall–Kier alpha value is -0.943. The first-order chi connectivity index (χ1) is 7.63. The largest absolute Gasteiger partial charge is 0.536 e. The van der Waals surface area contributed by atoms with Crippen molar-refractivity contribution in [2.24, 2.45) is 0 Å². The van der Waals surface area contributed by atoms with Crippen molar-refractivity contribution in [2.75, 3.05) is 21.3 Å². The Bertz CT molecular complexity index is 364. The summed E-state index contributed by atoms with van der Waals surface area (Å²) in [6.45, 7) is 5.79. The standard InChI is InChI=1S/C12H18O3Si/c1-6-11-7-8-12(9-10(11)2)16(13-3,14-4)15-5/h6-9H,1H2,2-5H3. The van der Waals surface area contributed by atoms with Gasteiger partial charge < -0.3 is 13.3 Å². The lowest BCUT2D eigenvalue weighted by atomic mass is 10.1. The topological polar surface area (TPSA) is 27.7 Å². The van der Waals surface area contributed by atoms with E-state index >= 15 is 0 Å². The molecule has 0 N–H and O–H groups in total. The first-order valence-electron chi connectivity index (χ1n) is 5.02. The summed E-state index contributed by atoms with van der Waals surface area (Å²) < 4.78 is 16.3. The molecule has 0 radical (unpaired) electrons. The fourth-order valence-electron chi connectivity index (χ4n) is 1.70. The molecule has 0 atom stereocenters. The lowest BCUT2D eigenvalue weighted by molar-refractivity contribution is 0.140. The quantitative estimate of drug-likeness (QED) is 0.731. The summed E-state index contributed by atoms with van der Waals surface area (Å²) >= 11 is 0. The van der Waals surface area contributed by atoms with Crippen molar-refractivity contribution in [1.82, 2.24) is 0 Å². The van der Waals surface area contributed by atoms with Gasteiger partial charge in [-0.2, -0.15) is 0 Å². The molecule has 0 bridgehead atoms. The molecule has 1 aromatic rings. The van der Waals surface area contributed by atoms with E-state index in [1.165, 1.54) is 0 Å². The maximum Gasteiger partial charge on any atom is 0.536 e. The van der Waals surface area contributed by atoms with Crippen LogP contribution < -0.4 is 5.19 Å². The molecular weight excluding hydrogens is 220 g/mol. The molecule has 3 nitrogen and oxygen atoms in total. The number of hydrogen-bond donors (Lipinski definition) is 0. The van der Waals surface area contributed by atoms with E-state index in [-0.39, 0.29) is 0 Å². The Morgan fingerprint density at radius 1 is 1.12 bits per heavy atom. The number of aryl methyl sites for hydroxylation is 1. The zero-order valence-electron chi connectivity index (χ0n) is 10.2. The summed E-state index contributed by atoms with van der Waals surface area (Å²) in [5.41, 5.74) is 2.24. The van der Waals surface area contributed by atoms with Crippen molar-refractivity contribution in [3.05, 3.63) is 35.9 Å². The molecule has 0 aromatic heterocycles. The van der Waals surface area contributed by atoms with Crippen LogP contribution in [0, 0.1) is 6.92 Å². The minimum atomic E-state index is -2.69. The molecule has 16 heavy (non-hydrogen) atoms. The summed E-state index contributed by atoms with van der Waals surface area (Å²) in [5, 5.41) is 0.961. The summed E-state index contributed by atoms with van der Waals surface area (Å²) in [6.07, 6.45) is 1.83. The summed E-state index contributed by atoms with van der Waals surface area (Å²) in [4.78, 5) is 0. The van der Waals surface area contributed by atoms with Crippen LogP contribution in [0.3, 0.4) is 0 Å². The second kappa shape index (κ2) is 5.40. The number of benzene rings is 1. The third-order valence-corrected chi connectivity index (χ3v) is 5.28. The average Bonchev–Trinajstić information content (AvgIpc) is 2.32. The van der Waals surface area contributed by atoms with Gasteiger partial charge in [0.25, 0.3) is 0 Å². The van der Waals surface area contributed by atoms with Crippen LogP contribution in [0.2, 0.25) is 0 Å². The summed E-state index contributed by atoms with van der Waals surface area (Å²) in [7, 11) is 2.13. The molecule has 4 heteroatoms. The van der Waals surface area contributed by atoms with Crippen molar-refractivity contribution in [3.63, 3.8) is 0 Å². The molecule has 0 heterocycles. The van der Waals surface area contributed by atoms with Gasteiger partial charge in [0.2, 0.25) is 0 Å². The molecule has 1 aromatic carbocycles. The van der Waals surface area contributed by atoms with E-state index in [2.05, 4.69) is 6.58 Å². The van der Waals surface area contributed by atoms with Gasteiger partial charge in [0.05, 0.1) is 0 Å². The van der Waals surface area contributed by atoms with Crippen LogP contribution in [-0.2, 0) is 13.3 Å². The van der Waals surface area contributed by atoms with Crippen LogP contribution in [0.25, 0.3) is 6.08 Å². The second-order valence-electron chi connectivity index (χ2n) is 3.44. The molecule has 0 fully saturated rings. The molecule has 88 valence electrons. The van der Waals surface area contributed by atoms with Gasteiger partial charge >= 0.3 is 8.80 Å². The van der Waals surface area contributed by atoms with Crippen LogP contribution >= 0.6 is 0 Å². The normalized spacial score (nSPS) is 11.5. The fraction of sp³-hybridized carbons (Fsp3) is 0.333. The third kappa shape index (κ3) is 2.25. The van der Waals surface area contributed by atoms with Crippen LogP contribution in [0.1, 0.15) is 11.1 Å². The van der Waals surface area contributed by atoms with E-state index in [0.29, 0.717) is 0 Å². The monoisotopic (exact) mass is 238 g/mol. The zero-order chi connectivity index (χ0) is 12.2. The van der Waals surface area contributed by atoms with Gasteiger partial charge in [-0.05, 0) is 18.1 Å². The molecule has 0 saturated carbocycles. The summed E-state index contributed by atoms with van der Waals surface area (Å²) in [6, 6.07) is 5.99. The molecule has 0 aliphatic carbocycles. The Balaban J connectivity index is 3.21. The van der Waals surface area contributed by atoms with Crippen LogP contribution in [0.4, 0.5) is 0 Å². The fourth-order valence-corrected chi connectivity index (χ4v) is 3.59. The van der Waals surface area contributed by atoms with E-state index in [1.54, 1.807) is 21.3 Å². The highest BCUT2D eigenvalue weighted by Gasteiger charge is 2.40. The Kier molecular flexibility index (Phi) is 4.43. The van der Waals surface area contributed by atoms with Gasteiger partial charge in [0, 0.05) is 26.5 Å². The molecule has 0 saturated heterocycles. The van der Waals surface area contributed by atoms with E-state index in [9.17, 15) is 0 Å². The van der Waals surface area contributed by atoms with Gasteiger partial charge in [0.15, 0.2) is 0 Å². The minimum Gasteiger partial charge on any atom is -0.373 e. The van der Waals surface area contributed by atoms with E-state index in [4.69, 9.17) is 13.3 Å². The zero-order valence-corrected chi connectivity index (χ0v) is 11.2. The van der Waals surface area contributed by atoms with Crippen molar-refractivity contribution in [1.29, 1.82) is 0 Å². The Morgan fingerprint density at radius 3 is 2.06 bits per heavy atom. The first-order valence-corrected chi connectivity index (χ1v) is 6.75. The predicted octanol–water partition coefficient (Wildman–Crippen LogP) is 1.72. The molecule has 0 unspecified atom stereocenters. The van der Waals surface area contributed by atoms with Crippen molar-refractivity contribution in [2.45, 2.75) is 6.92 Å². The van der Waals surface area contributed by atoms with Crippen molar-refractivity contribution in [3.8, 4) is 0 Å². The van der Waals surface area contributed by atoms with Crippen LogP contribution in [-0.4, -0.2) is 30.1 Å². The van der Waals surface area contributed by atoms with Gasteiger partial charge in [-0.15, -0.1) is 0 Å². The molecule has 0 spiro atoms. The number of hydrogen-bond acceptors (Lipinski definition) is 3. The highest BCUT2D eigenvalue weighted by Crippen LogP contribution is 2.12. The van der Waals surface area contributed by atoms with E-state index in [1.807, 2.05) is 31.2 Å². The first kappa shape index (κ1) is 13.1. The third-order valence-electron chi connectivity index (χ3n) is 2.65. The highest BCUT2D eigenvalue weighted by atomic mass is 28.4. The predicted molar refractivity (Wildman–Crippen MR) is 67.7 cm³/mol. The van der Waals surface area contributed by atoms with E-state index in [0.717, 1.165) is 16.3 Å². The SMILES string of the molecule is C=Cc1ccc([Si](OC)(OC)OC)cc1C. The van der Waals surface area contributed by atoms with Crippen LogP contribution in [0.5, 0.6) is 0 Å². The molecule has 0 aliphatic heterocycles.